The maximum atomic E-state index is 12.5. The van der Waals surface area contributed by atoms with Crippen LogP contribution in [0.1, 0.15) is 32.1 Å². The first-order chi connectivity index (χ1) is 11.4. The van der Waals surface area contributed by atoms with Gasteiger partial charge in [0.2, 0.25) is 15.9 Å². The highest BCUT2D eigenvalue weighted by molar-refractivity contribution is 7.98. The summed E-state index contributed by atoms with van der Waals surface area (Å²) in [6, 6.07) is 7.49. The molecule has 0 aromatic heterocycles. The fourth-order valence-electron chi connectivity index (χ4n) is 3.02. The van der Waals surface area contributed by atoms with Crippen molar-refractivity contribution < 1.29 is 13.2 Å². The molecule has 5 nitrogen and oxygen atoms in total. The van der Waals surface area contributed by atoms with Gasteiger partial charge in [-0.15, -0.1) is 11.8 Å². The molecular weight excluding hydrogens is 344 g/mol. The molecule has 1 amide bonds. The lowest BCUT2D eigenvalue weighted by molar-refractivity contribution is -0.116. The lowest BCUT2D eigenvalue weighted by atomic mass is 9.91. The summed E-state index contributed by atoms with van der Waals surface area (Å²) in [7, 11) is -1.91. The number of hydrogen-bond donors (Lipinski definition) is 1. The second-order valence-electron chi connectivity index (χ2n) is 6.29. The Morgan fingerprint density at radius 3 is 2.58 bits per heavy atom. The molecule has 1 aliphatic carbocycles. The van der Waals surface area contributed by atoms with Crippen molar-refractivity contribution in [3.63, 3.8) is 0 Å². The monoisotopic (exact) mass is 370 g/mol. The normalized spacial score (nSPS) is 16.3. The average Bonchev–Trinajstić information content (AvgIpc) is 2.55. The molecule has 1 N–H and O–H groups in total. The quantitative estimate of drug-likeness (QED) is 0.749. The van der Waals surface area contributed by atoms with Crippen LogP contribution in [-0.2, 0) is 14.8 Å². The number of para-hydroxylation sites is 1. The van der Waals surface area contributed by atoms with Crippen molar-refractivity contribution in [1.82, 2.24) is 4.31 Å². The van der Waals surface area contributed by atoms with Crippen molar-refractivity contribution in [2.24, 2.45) is 5.92 Å². The van der Waals surface area contributed by atoms with E-state index < -0.39 is 10.0 Å². The van der Waals surface area contributed by atoms with Crippen molar-refractivity contribution in [3.8, 4) is 0 Å². The first-order valence-electron chi connectivity index (χ1n) is 8.29. The molecule has 0 aliphatic heterocycles. The Labute approximate surface area is 149 Å². The largest absolute Gasteiger partial charge is 0.324 e. The molecule has 24 heavy (non-hydrogen) atoms. The van der Waals surface area contributed by atoms with Gasteiger partial charge in [-0.1, -0.05) is 31.4 Å². The molecule has 0 atom stereocenters. The zero-order valence-electron chi connectivity index (χ0n) is 14.3. The number of rotatable bonds is 7. The number of thioether (sulfide) groups is 1. The fraction of sp³-hybridized carbons (Fsp3) is 0.588. The van der Waals surface area contributed by atoms with Crippen LogP contribution in [0.2, 0.25) is 0 Å². The van der Waals surface area contributed by atoms with Gasteiger partial charge in [-0.25, -0.2) is 8.42 Å². The predicted octanol–water partition coefficient (Wildman–Crippen LogP) is 3.19. The molecule has 1 saturated carbocycles. The number of carbonyl (C=O) groups is 1. The maximum absolute atomic E-state index is 12.5. The second-order valence-corrected chi connectivity index (χ2v) is 9.26. The second kappa shape index (κ2) is 8.87. The topological polar surface area (TPSA) is 66.5 Å². The van der Waals surface area contributed by atoms with E-state index in [0.29, 0.717) is 5.69 Å². The molecule has 0 radical (unpaired) electrons. The molecule has 1 aromatic carbocycles. The van der Waals surface area contributed by atoms with Crippen LogP contribution < -0.4 is 5.32 Å². The summed E-state index contributed by atoms with van der Waals surface area (Å²) in [5.74, 6) is 0.0655. The highest BCUT2D eigenvalue weighted by Gasteiger charge is 2.26. The van der Waals surface area contributed by atoms with E-state index in [1.165, 1.54) is 29.5 Å². The number of nitrogens with one attached hydrogen (secondary N) is 1. The first-order valence-corrected chi connectivity index (χ1v) is 11.1. The lowest BCUT2D eigenvalue weighted by Crippen LogP contribution is -2.38. The molecule has 0 heterocycles. The van der Waals surface area contributed by atoms with Crippen LogP contribution in [0.3, 0.4) is 0 Å². The van der Waals surface area contributed by atoms with Crippen molar-refractivity contribution in [1.29, 1.82) is 0 Å². The van der Waals surface area contributed by atoms with Gasteiger partial charge in [0, 0.05) is 11.9 Å². The third-order valence-corrected chi connectivity index (χ3v) is 7.16. The molecule has 2 rings (SSSR count). The van der Waals surface area contributed by atoms with Crippen LogP contribution in [0, 0.1) is 5.92 Å². The Morgan fingerprint density at radius 2 is 1.92 bits per heavy atom. The molecule has 0 unspecified atom stereocenters. The van der Waals surface area contributed by atoms with Gasteiger partial charge in [0.1, 0.15) is 0 Å². The number of hydrogen-bond acceptors (Lipinski definition) is 4. The van der Waals surface area contributed by atoms with Gasteiger partial charge in [-0.05, 0) is 37.1 Å². The minimum atomic E-state index is -3.40. The number of benzene rings is 1. The van der Waals surface area contributed by atoms with Crippen LogP contribution in [0.4, 0.5) is 5.69 Å². The molecule has 0 spiro atoms. The number of likely N-dealkylation sites (N-methyl/N-ethyl adjacent to an activating group) is 1. The zero-order chi connectivity index (χ0) is 17.6. The third kappa shape index (κ3) is 5.50. The lowest BCUT2D eigenvalue weighted by Gasteiger charge is -2.24. The van der Waals surface area contributed by atoms with Crippen LogP contribution in [0.15, 0.2) is 29.2 Å². The van der Waals surface area contributed by atoms with E-state index in [4.69, 9.17) is 0 Å². The average molecular weight is 371 g/mol. The summed E-state index contributed by atoms with van der Waals surface area (Å²) in [6.45, 7) is -0.155. The van der Waals surface area contributed by atoms with Crippen molar-refractivity contribution >= 4 is 33.4 Å². The van der Waals surface area contributed by atoms with Gasteiger partial charge in [0.05, 0.1) is 18.0 Å². The Bertz CT molecular complexity index is 656. The summed E-state index contributed by atoms with van der Waals surface area (Å²) in [6.07, 6.45) is 7.29. The van der Waals surface area contributed by atoms with E-state index >= 15 is 0 Å². The molecular formula is C17H26N2O3S2. The van der Waals surface area contributed by atoms with Gasteiger partial charge in [0.15, 0.2) is 0 Å². The van der Waals surface area contributed by atoms with Gasteiger partial charge >= 0.3 is 0 Å². The van der Waals surface area contributed by atoms with E-state index in [-0.39, 0.29) is 24.1 Å². The summed E-state index contributed by atoms with van der Waals surface area (Å²) in [5.41, 5.74) is 0.716. The first kappa shape index (κ1) is 19.3. The van der Waals surface area contributed by atoms with Crippen molar-refractivity contribution in [3.05, 3.63) is 24.3 Å². The Balaban J connectivity index is 1.92. The summed E-state index contributed by atoms with van der Waals surface area (Å²) in [5, 5.41) is 2.80. The van der Waals surface area contributed by atoms with Crippen molar-refractivity contribution in [2.45, 2.75) is 37.0 Å². The van der Waals surface area contributed by atoms with Crippen LogP contribution >= 0.6 is 11.8 Å². The Morgan fingerprint density at radius 1 is 1.25 bits per heavy atom. The van der Waals surface area contributed by atoms with Crippen LogP contribution in [0.25, 0.3) is 0 Å². The van der Waals surface area contributed by atoms with E-state index in [2.05, 4.69) is 5.32 Å². The van der Waals surface area contributed by atoms with E-state index in [1.54, 1.807) is 0 Å². The SMILES string of the molecule is CSc1ccccc1NC(=O)CN(C)S(=O)(=O)CC1CCCCC1. The van der Waals surface area contributed by atoms with E-state index in [9.17, 15) is 13.2 Å². The molecule has 0 saturated heterocycles. The summed E-state index contributed by atoms with van der Waals surface area (Å²) in [4.78, 5) is 13.2. The standard InChI is InChI=1S/C17H26N2O3S2/c1-19(24(21,22)13-14-8-4-3-5-9-14)12-17(20)18-15-10-6-7-11-16(15)23-2/h6-7,10-11,14H,3-5,8-9,12-13H2,1-2H3,(H,18,20). The van der Waals surface area contributed by atoms with Crippen LogP contribution in [0.5, 0.6) is 0 Å². The number of carbonyl (C=O) groups excluding carboxylic acids is 1. The molecule has 1 aliphatic rings. The van der Waals surface area contributed by atoms with Gasteiger partial charge < -0.3 is 5.32 Å². The number of anilines is 1. The number of amides is 1. The molecule has 1 aromatic rings. The number of sulfonamides is 1. The molecule has 0 bridgehead atoms. The minimum absolute atomic E-state index is 0.151. The highest BCUT2D eigenvalue weighted by Crippen LogP contribution is 2.26. The minimum Gasteiger partial charge on any atom is -0.324 e. The van der Waals surface area contributed by atoms with E-state index in [0.717, 1.165) is 30.6 Å². The number of nitrogens with zero attached hydrogens (tertiary/aromatic N) is 1. The zero-order valence-corrected chi connectivity index (χ0v) is 16.0. The van der Waals surface area contributed by atoms with Gasteiger partial charge in [-0.2, -0.15) is 4.31 Å². The molecule has 1 fully saturated rings. The fourth-order valence-corrected chi connectivity index (χ4v) is 5.07. The molecule has 7 heteroatoms. The molecule has 134 valence electrons. The Kier molecular flexibility index (Phi) is 7.13. The maximum Gasteiger partial charge on any atom is 0.239 e. The summed E-state index contributed by atoms with van der Waals surface area (Å²) < 4.78 is 26.1. The Hall–Kier alpha value is -1.05. The summed E-state index contributed by atoms with van der Waals surface area (Å²) >= 11 is 1.54. The third-order valence-electron chi connectivity index (χ3n) is 4.39. The highest BCUT2D eigenvalue weighted by atomic mass is 32.2. The van der Waals surface area contributed by atoms with E-state index in [1.807, 2.05) is 30.5 Å². The van der Waals surface area contributed by atoms with Crippen LogP contribution in [-0.4, -0.2) is 44.2 Å². The van der Waals surface area contributed by atoms with Crippen molar-refractivity contribution in [2.75, 3.05) is 30.9 Å². The van der Waals surface area contributed by atoms with Gasteiger partial charge in [0.25, 0.3) is 0 Å². The smallest absolute Gasteiger partial charge is 0.239 e. The van der Waals surface area contributed by atoms with Gasteiger partial charge in [-0.3, -0.25) is 4.79 Å². The predicted molar refractivity (Wildman–Crippen MR) is 99.8 cm³/mol.